The number of H-pyrrole nitrogens is 1. The zero-order valence-corrected chi connectivity index (χ0v) is 22.4. The van der Waals surface area contributed by atoms with Gasteiger partial charge in [0.1, 0.15) is 23.2 Å². The molecule has 0 bridgehead atoms. The number of aliphatic hydroxyl groups excluding tert-OH is 1. The second-order valence-electron chi connectivity index (χ2n) is 8.67. The van der Waals surface area contributed by atoms with E-state index < -0.39 is 0 Å². The van der Waals surface area contributed by atoms with Gasteiger partial charge in [-0.2, -0.15) is 5.26 Å². The highest BCUT2D eigenvalue weighted by molar-refractivity contribution is 14.1. The van der Waals surface area contributed by atoms with Crippen molar-refractivity contribution in [1.29, 1.82) is 5.26 Å². The molecule has 5 rings (SSSR count). The molecule has 1 fully saturated rings. The summed E-state index contributed by atoms with van der Waals surface area (Å²) in [4.78, 5) is 21.0. The molecule has 0 radical (unpaired) electrons. The number of aliphatic hydroxyl groups is 1. The van der Waals surface area contributed by atoms with Crippen molar-refractivity contribution in [1.82, 2.24) is 9.97 Å². The number of hydrogen-bond acceptors (Lipinski definition) is 7. The molecule has 4 aromatic rings. The molecular formula is C27H22ClIN4O4. The van der Waals surface area contributed by atoms with E-state index in [1.165, 1.54) is 6.20 Å². The van der Waals surface area contributed by atoms with Gasteiger partial charge in [-0.15, -0.1) is 0 Å². The van der Waals surface area contributed by atoms with Crippen molar-refractivity contribution in [2.45, 2.75) is 25.0 Å². The van der Waals surface area contributed by atoms with Crippen LogP contribution in [0.1, 0.15) is 34.3 Å². The van der Waals surface area contributed by atoms with Gasteiger partial charge in [0.25, 0.3) is 0 Å². The van der Waals surface area contributed by atoms with Crippen LogP contribution in [0.15, 0.2) is 54.9 Å². The minimum atomic E-state index is -0.308. The summed E-state index contributed by atoms with van der Waals surface area (Å²) in [5.41, 5.74) is 1.96. The zero-order chi connectivity index (χ0) is 25.9. The highest BCUT2D eigenvalue weighted by Gasteiger charge is 2.26. The fourth-order valence-electron chi connectivity index (χ4n) is 4.33. The predicted octanol–water partition coefficient (Wildman–Crippen LogP) is 5.67. The van der Waals surface area contributed by atoms with Crippen molar-refractivity contribution in [2.75, 3.05) is 18.5 Å². The van der Waals surface area contributed by atoms with Gasteiger partial charge < -0.3 is 24.9 Å². The number of benzene rings is 2. The van der Waals surface area contributed by atoms with Gasteiger partial charge in [-0.3, -0.25) is 4.79 Å². The number of aromatic amines is 1. The first-order valence-corrected chi connectivity index (χ1v) is 13.1. The number of pyridine rings is 1. The maximum absolute atomic E-state index is 13.6. The number of hydrogen-bond donors (Lipinski definition) is 3. The number of anilines is 1. The lowest BCUT2D eigenvalue weighted by atomic mass is 10.00. The molecule has 1 aliphatic rings. The number of ketones is 1. The number of carbonyl (C=O) groups excluding carboxylic acids is 1. The van der Waals surface area contributed by atoms with Crippen LogP contribution in [0, 0.1) is 14.9 Å². The second kappa shape index (κ2) is 11.1. The number of ether oxygens (including phenoxy) is 2. The third-order valence-electron chi connectivity index (χ3n) is 6.21. The third-order valence-corrected chi connectivity index (χ3v) is 7.19. The number of rotatable bonds is 7. The molecule has 3 heterocycles. The fourth-order valence-corrected chi connectivity index (χ4v) is 5.10. The second-order valence-corrected chi connectivity index (χ2v) is 10.3. The van der Waals surface area contributed by atoms with Crippen molar-refractivity contribution in [3.8, 4) is 17.6 Å². The molecule has 2 atom stereocenters. The van der Waals surface area contributed by atoms with E-state index in [0.29, 0.717) is 57.9 Å². The van der Waals surface area contributed by atoms with E-state index in [-0.39, 0.29) is 29.6 Å². The molecule has 0 aliphatic carbocycles. The first kappa shape index (κ1) is 25.5. The van der Waals surface area contributed by atoms with E-state index in [0.717, 1.165) is 9.99 Å². The molecule has 3 N–H and O–H groups in total. The topological polar surface area (TPSA) is 120 Å². The molecule has 2 aromatic carbocycles. The molecule has 2 aromatic heterocycles. The monoisotopic (exact) mass is 628 g/mol. The van der Waals surface area contributed by atoms with Crippen molar-refractivity contribution in [3.05, 3.63) is 80.1 Å². The molecule has 10 heteroatoms. The van der Waals surface area contributed by atoms with Crippen LogP contribution in [-0.2, 0) is 4.74 Å². The SMILES string of the molecule is N#Cc1cnc2[nH]cc(C(=O)c3ccc(Oc4cccc(I)c4)cc3Cl)c2c1N[C@@H]1CC[C@@H](CO)OC1. The van der Waals surface area contributed by atoms with E-state index in [4.69, 9.17) is 21.1 Å². The van der Waals surface area contributed by atoms with Gasteiger partial charge in [0.15, 0.2) is 5.78 Å². The Morgan fingerprint density at radius 3 is 2.81 bits per heavy atom. The van der Waals surface area contributed by atoms with Gasteiger partial charge in [-0.1, -0.05) is 17.7 Å². The first-order chi connectivity index (χ1) is 18.0. The van der Waals surface area contributed by atoms with Crippen LogP contribution < -0.4 is 10.1 Å². The maximum atomic E-state index is 13.6. The summed E-state index contributed by atoms with van der Waals surface area (Å²) in [6.45, 7) is 0.350. The number of carbonyl (C=O) groups is 1. The lowest BCUT2D eigenvalue weighted by molar-refractivity contribution is -0.0223. The smallest absolute Gasteiger partial charge is 0.196 e. The van der Waals surface area contributed by atoms with Crippen molar-refractivity contribution < 1.29 is 19.4 Å². The van der Waals surface area contributed by atoms with Crippen LogP contribution in [0.5, 0.6) is 11.5 Å². The minimum Gasteiger partial charge on any atom is -0.457 e. The van der Waals surface area contributed by atoms with E-state index in [1.54, 1.807) is 24.4 Å². The highest BCUT2D eigenvalue weighted by atomic mass is 127. The summed E-state index contributed by atoms with van der Waals surface area (Å²) in [5, 5.41) is 23.2. The Morgan fingerprint density at radius 2 is 2.11 bits per heavy atom. The quantitative estimate of drug-likeness (QED) is 0.178. The van der Waals surface area contributed by atoms with Crippen LogP contribution in [0.25, 0.3) is 11.0 Å². The van der Waals surface area contributed by atoms with Crippen LogP contribution in [-0.4, -0.2) is 46.2 Å². The standard InChI is InChI=1S/C27H22ClIN4O4/c28-23-9-19(37-18-3-1-2-16(29)8-18)6-7-21(23)26(35)22-12-32-27-24(22)25(15(10-30)11-31-27)33-17-4-5-20(13-34)36-14-17/h1-3,6-9,11-12,17,20,34H,4-5,13-14H2,(H2,31,32,33)/t17-,20+/m1/s1. The summed E-state index contributed by atoms with van der Waals surface area (Å²) >= 11 is 8.75. The molecule has 188 valence electrons. The maximum Gasteiger partial charge on any atom is 0.196 e. The van der Waals surface area contributed by atoms with Crippen molar-refractivity contribution in [2.24, 2.45) is 0 Å². The van der Waals surface area contributed by atoms with Crippen LogP contribution in [0.4, 0.5) is 5.69 Å². The minimum absolute atomic E-state index is 0.0264. The number of nitrogens with one attached hydrogen (secondary N) is 2. The Labute approximate surface area is 231 Å². The van der Waals surface area contributed by atoms with Crippen molar-refractivity contribution >= 4 is 56.7 Å². The lowest BCUT2D eigenvalue weighted by Crippen LogP contribution is -2.36. The lowest BCUT2D eigenvalue weighted by Gasteiger charge is -2.29. The molecule has 0 saturated carbocycles. The Kier molecular flexibility index (Phi) is 7.62. The van der Waals surface area contributed by atoms with Gasteiger partial charge in [-0.25, -0.2) is 4.98 Å². The molecule has 1 saturated heterocycles. The highest BCUT2D eigenvalue weighted by Crippen LogP contribution is 2.34. The van der Waals surface area contributed by atoms with E-state index in [9.17, 15) is 15.2 Å². The normalized spacial score (nSPS) is 17.4. The molecular weight excluding hydrogens is 607 g/mol. The van der Waals surface area contributed by atoms with Crippen LogP contribution in [0.2, 0.25) is 5.02 Å². The third kappa shape index (κ3) is 5.43. The summed E-state index contributed by atoms with van der Waals surface area (Å²) in [6.07, 6.45) is 4.31. The Bertz CT molecular complexity index is 1510. The number of aromatic nitrogens is 2. The fraction of sp³-hybridized carbons (Fsp3) is 0.222. The summed E-state index contributed by atoms with van der Waals surface area (Å²) in [6, 6.07) is 14.6. The summed E-state index contributed by atoms with van der Waals surface area (Å²) in [7, 11) is 0. The van der Waals surface area contributed by atoms with Crippen LogP contribution >= 0.6 is 34.2 Å². The molecule has 37 heavy (non-hydrogen) atoms. The van der Waals surface area contributed by atoms with Crippen molar-refractivity contribution in [3.63, 3.8) is 0 Å². The van der Waals surface area contributed by atoms with Gasteiger partial charge in [0.2, 0.25) is 0 Å². The van der Waals surface area contributed by atoms with Gasteiger partial charge in [0, 0.05) is 33.6 Å². The molecule has 0 unspecified atom stereocenters. The number of halogens is 2. The summed E-state index contributed by atoms with van der Waals surface area (Å²) < 4.78 is 12.6. The number of fused-ring (bicyclic) bond motifs is 1. The zero-order valence-electron chi connectivity index (χ0n) is 19.5. The van der Waals surface area contributed by atoms with Crippen LogP contribution in [0.3, 0.4) is 0 Å². The van der Waals surface area contributed by atoms with Gasteiger partial charge >= 0.3 is 0 Å². The average molecular weight is 629 g/mol. The van der Waals surface area contributed by atoms with E-state index in [2.05, 4.69) is 43.9 Å². The summed E-state index contributed by atoms with van der Waals surface area (Å²) in [5.74, 6) is 0.871. The Hall–Kier alpha value is -3.17. The molecule has 8 nitrogen and oxygen atoms in total. The van der Waals surface area contributed by atoms with Gasteiger partial charge in [-0.05, 0) is 65.8 Å². The Balaban J connectivity index is 1.46. The Morgan fingerprint density at radius 1 is 1.27 bits per heavy atom. The predicted molar refractivity (Wildman–Crippen MR) is 148 cm³/mol. The largest absolute Gasteiger partial charge is 0.457 e. The molecule has 0 spiro atoms. The van der Waals surface area contributed by atoms with E-state index >= 15 is 0 Å². The van der Waals surface area contributed by atoms with E-state index in [1.807, 2.05) is 24.3 Å². The van der Waals surface area contributed by atoms with Gasteiger partial charge in [0.05, 0.1) is 46.5 Å². The average Bonchev–Trinajstić information content (AvgIpc) is 3.34. The molecule has 0 amide bonds. The molecule has 1 aliphatic heterocycles. The number of nitriles is 1. The number of nitrogens with zero attached hydrogens (tertiary/aromatic N) is 2. The first-order valence-electron chi connectivity index (χ1n) is 11.6.